The maximum Gasteiger partial charge on any atom is 0.424 e. The van der Waals surface area contributed by atoms with Gasteiger partial charge in [-0.1, -0.05) is 12.8 Å². The third-order valence-electron chi connectivity index (χ3n) is 5.77. The average molecular weight is 575 g/mol. The zero-order valence-corrected chi connectivity index (χ0v) is 21.5. The van der Waals surface area contributed by atoms with Gasteiger partial charge in [-0.2, -0.15) is 13.2 Å². The van der Waals surface area contributed by atoms with Crippen LogP contribution in [-0.4, -0.2) is 59.1 Å². The van der Waals surface area contributed by atoms with Crippen molar-refractivity contribution in [2.45, 2.75) is 70.3 Å². The van der Waals surface area contributed by atoms with Crippen LogP contribution in [0.25, 0.3) is 0 Å². The molecule has 11 heteroatoms. The van der Waals surface area contributed by atoms with Gasteiger partial charge < -0.3 is 25.0 Å². The van der Waals surface area contributed by atoms with Gasteiger partial charge in [0.15, 0.2) is 5.96 Å². The summed E-state index contributed by atoms with van der Waals surface area (Å²) in [4.78, 5) is 8.22. The lowest BCUT2D eigenvalue weighted by Crippen LogP contribution is -2.48. The molecule has 0 saturated heterocycles. The van der Waals surface area contributed by atoms with Crippen molar-refractivity contribution in [1.82, 2.24) is 20.2 Å². The van der Waals surface area contributed by atoms with Crippen LogP contribution >= 0.6 is 24.0 Å². The summed E-state index contributed by atoms with van der Waals surface area (Å²) in [5, 5.41) is 16.4. The van der Waals surface area contributed by atoms with E-state index in [1.54, 1.807) is 0 Å². The number of nitrogens with zero attached hydrogens (tertiary/aromatic N) is 3. The third-order valence-corrected chi connectivity index (χ3v) is 5.77. The fourth-order valence-corrected chi connectivity index (χ4v) is 4.15. The van der Waals surface area contributed by atoms with Crippen molar-refractivity contribution in [1.29, 1.82) is 0 Å². The molecule has 1 aliphatic rings. The van der Waals surface area contributed by atoms with Gasteiger partial charge in [0.25, 0.3) is 0 Å². The molecule has 1 aromatic heterocycles. The summed E-state index contributed by atoms with van der Waals surface area (Å²) < 4.78 is 48.0. The van der Waals surface area contributed by atoms with Gasteiger partial charge >= 0.3 is 6.18 Å². The fourth-order valence-electron chi connectivity index (χ4n) is 4.15. The Labute approximate surface area is 205 Å². The molecular formula is C21H37F3IN5O2. The summed E-state index contributed by atoms with van der Waals surface area (Å²) in [6.07, 6.45) is 2.94. The monoisotopic (exact) mass is 575 g/mol. The Morgan fingerprint density at radius 1 is 1.31 bits per heavy atom. The lowest BCUT2D eigenvalue weighted by atomic mass is 9.97. The van der Waals surface area contributed by atoms with Gasteiger partial charge in [-0.05, 0) is 39.0 Å². The number of ether oxygens (including phenoxy) is 1. The molecule has 3 N–H and O–H groups in total. The number of guanidine groups is 1. The number of aliphatic hydroxyl groups is 1. The van der Waals surface area contributed by atoms with E-state index in [1.807, 2.05) is 13.8 Å². The number of nitrogens with one attached hydrogen (secondary N) is 2. The van der Waals surface area contributed by atoms with E-state index in [4.69, 9.17) is 4.74 Å². The first-order valence-corrected chi connectivity index (χ1v) is 11.1. The van der Waals surface area contributed by atoms with E-state index in [-0.39, 0.29) is 36.6 Å². The van der Waals surface area contributed by atoms with Crippen LogP contribution in [0.3, 0.4) is 0 Å². The number of imidazole rings is 1. The van der Waals surface area contributed by atoms with E-state index in [0.717, 1.165) is 6.42 Å². The highest BCUT2D eigenvalue weighted by atomic mass is 127. The molecule has 7 nitrogen and oxygen atoms in total. The summed E-state index contributed by atoms with van der Waals surface area (Å²) in [5.74, 6) is 0.554. The molecule has 2 rings (SSSR count). The van der Waals surface area contributed by atoms with Crippen LogP contribution in [0.15, 0.2) is 17.4 Å². The van der Waals surface area contributed by atoms with E-state index in [0.29, 0.717) is 31.6 Å². The molecule has 0 spiro atoms. The van der Waals surface area contributed by atoms with Crippen LogP contribution < -0.4 is 10.6 Å². The van der Waals surface area contributed by atoms with Crippen molar-refractivity contribution in [2.24, 2.45) is 18.0 Å². The second-order valence-corrected chi connectivity index (χ2v) is 7.98. The Hall–Kier alpha value is -1.08. The number of aromatic nitrogens is 2. The molecule has 0 amide bonds. The van der Waals surface area contributed by atoms with Crippen molar-refractivity contribution in [3.63, 3.8) is 0 Å². The normalized spacial score (nSPS) is 18.2. The molecule has 0 aromatic carbocycles. The molecule has 2 unspecified atom stereocenters. The van der Waals surface area contributed by atoms with Crippen molar-refractivity contribution >= 4 is 29.9 Å². The molecule has 1 fully saturated rings. The predicted molar refractivity (Wildman–Crippen MR) is 129 cm³/mol. The molecule has 1 heterocycles. The number of alkyl halides is 3. The highest BCUT2D eigenvalue weighted by Crippen LogP contribution is 2.40. The highest BCUT2D eigenvalue weighted by Gasteiger charge is 2.57. The summed E-state index contributed by atoms with van der Waals surface area (Å²) in [6, 6.07) is 0. The molecule has 1 aliphatic carbocycles. The molecule has 186 valence electrons. The Bertz CT molecular complexity index is 695. The Morgan fingerprint density at radius 2 is 2.00 bits per heavy atom. The summed E-state index contributed by atoms with van der Waals surface area (Å²) in [7, 11) is 1.43. The van der Waals surface area contributed by atoms with Crippen LogP contribution in [-0.2, 0) is 17.4 Å². The Morgan fingerprint density at radius 3 is 2.53 bits per heavy atom. The first-order chi connectivity index (χ1) is 14.7. The number of hydrogen-bond acceptors (Lipinski definition) is 4. The Kier molecular flexibility index (Phi) is 12.3. The summed E-state index contributed by atoms with van der Waals surface area (Å²) in [5.41, 5.74) is -3.04. The van der Waals surface area contributed by atoms with Crippen LogP contribution in [0, 0.1) is 5.92 Å². The topological polar surface area (TPSA) is 83.7 Å². The molecule has 0 aliphatic heterocycles. The molecule has 32 heavy (non-hydrogen) atoms. The second kappa shape index (κ2) is 13.6. The SMILES string of the molecule is CCNC(=NCCC(OCC)C1CCCC1)NCCC(O)(c1nccn1C)C(F)(F)F.I. The van der Waals surface area contributed by atoms with Gasteiger partial charge in [0.1, 0.15) is 5.82 Å². The fraction of sp³-hybridized carbons (Fsp3) is 0.810. The molecule has 0 bridgehead atoms. The van der Waals surface area contributed by atoms with Crippen molar-refractivity contribution in [3.05, 3.63) is 18.2 Å². The van der Waals surface area contributed by atoms with Crippen molar-refractivity contribution < 1.29 is 23.0 Å². The summed E-state index contributed by atoms with van der Waals surface area (Å²) in [6.45, 7) is 5.50. The number of aliphatic imine (C=N–C) groups is 1. The van der Waals surface area contributed by atoms with Crippen LogP contribution in [0.2, 0.25) is 0 Å². The molecular weight excluding hydrogens is 538 g/mol. The van der Waals surface area contributed by atoms with E-state index in [1.165, 1.54) is 49.7 Å². The van der Waals surface area contributed by atoms with Crippen molar-refractivity contribution in [3.8, 4) is 0 Å². The minimum absolute atomic E-state index is 0. The molecule has 1 aromatic rings. The van der Waals surface area contributed by atoms with E-state index >= 15 is 0 Å². The van der Waals surface area contributed by atoms with Gasteiger partial charge in [0, 0.05) is 52.1 Å². The number of aryl methyl sites for hydroxylation is 1. The largest absolute Gasteiger partial charge is 0.424 e. The zero-order valence-electron chi connectivity index (χ0n) is 19.1. The van der Waals surface area contributed by atoms with E-state index in [2.05, 4.69) is 20.6 Å². The molecule has 1 saturated carbocycles. The first-order valence-electron chi connectivity index (χ1n) is 11.1. The Balaban J connectivity index is 0.00000512. The highest BCUT2D eigenvalue weighted by molar-refractivity contribution is 14.0. The van der Waals surface area contributed by atoms with Crippen molar-refractivity contribution in [2.75, 3.05) is 26.2 Å². The second-order valence-electron chi connectivity index (χ2n) is 7.98. The summed E-state index contributed by atoms with van der Waals surface area (Å²) >= 11 is 0. The molecule has 2 atom stereocenters. The number of hydrogen-bond donors (Lipinski definition) is 3. The standard InChI is InChI=1S/C21H36F3N5O2.HI/c1-4-25-19(27-12-10-17(31-5-2)16-8-6-7-9-16)28-13-11-20(30,21(22,23)24)18-26-14-15-29(18)3;/h14-17,30H,4-13H2,1-3H3,(H2,25,27,28);1H. The lowest BCUT2D eigenvalue weighted by Gasteiger charge is -2.30. The van der Waals surface area contributed by atoms with E-state index in [9.17, 15) is 18.3 Å². The van der Waals surface area contributed by atoms with Gasteiger partial charge in [-0.25, -0.2) is 4.98 Å². The molecule has 0 radical (unpaired) electrons. The van der Waals surface area contributed by atoms with E-state index < -0.39 is 24.0 Å². The minimum Gasteiger partial charge on any atom is -0.378 e. The third kappa shape index (κ3) is 7.75. The maximum atomic E-state index is 13.6. The lowest BCUT2D eigenvalue weighted by molar-refractivity contribution is -0.272. The maximum absolute atomic E-state index is 13.6. The van der Waals surface area contributed by atoms with Gasteiger partial charge in [-0.3, -0.25) is 4.99 Å². The number of halogens is 4. The van der Waals surface area contributed by atoms with Crippen LogP contribution in [0.1, 0.15) is 58.2 Å². The van der Waals surface area contributed by atoms with Crippen LogP contribution in [0.5, 0.6) is 0 Å². The minimum atomic E-state index is -4.85. The number of rotatable bonds is 11. The first kappa shape index (κ1) is 29.0. The van der Waals surface area contributed by atoms with Gasteiger partial charge in [0.05, 0.1) is 6.10 Å². The zero-order chi connectivity index (χ0) is 22.9. The quantitative estimate of drug-likeness (QED) is 0.213. The van der Waals surface area contributed by atoms with Gasteiger partial charge in [0.2, 0.25) is 5.60 Å². The average Bonchev–Trinajstić information content (AvgIpc) is 3.38. The predicted octanol–water partition coefficient (Wildman–Crippen LogP) is 3.72. The van der Waals surface area contributed by atoms with Gasteiger partial charge in [-0.15, -0.1) is 24.0 Å². The smallest absolute Gasteiger partial charge is 0.378 e. The van der Waals surface area contributed by atoms with Crippen LogP contribution in [0.4, 0.5) is 13.2 Å².